The maximum Gasteiger partial charge on any atom is 0.237 e. The van der Waals surface area contributed by atoms with E-state index in [4.69, 9.17) is 5.73 Å². The van der Waals surface area contributed by atoms with Crippen molar-refractivity contribution >= 4 is 5.91 Å². The van der Waals surface area contributed by atoms with Gasteiger partial charge in [-0.15, -0.1) is 0 Å². The number of rotatable bonds is 5. The molecule has 0 spiro atoms. The predicted octanol–water partition coefficient (Wildman–Crippen LogP) is 1.99. The molecule has 0 aromatic heterocycles. The number of carbonyl (C=O) groups excluding carboxylic acids is 1. The molecular weight excluding hydrogens is 200 g/mol. The van der Waals surface area contributed by atoms with Crippen LogP contribution in [0.15, 0.2) is 30.3 Å². The molecule has 3 nitrogen and oxygen atoms in total. The van der Waals surface area contributed by atoms with Gasteiger partial charge in [0.05, 0.1) is 12.1 Å². The van der Waals surface area contributed by atoms with Crippen LogP contribution in [-0.4, -0.2) is 11.9 Å². The van der Waals surface area contributed by atoms with E-state index in [0.29, 0.717) is 0 Å². The Hall–Kier alpha value is -1.35. The van der Waals surface area contributed by atoms with E-state index >= 15 is 0 Å². The van der Waals surface area contributed by atoms with Gasteiger partial charge in [-0.3, -0.25) is 4.79 Å². The first-order valence-electron chi connectivity index (χ1n) is 5.76. The minimum absolute atomic E-state index is 0.0738. The van der Waals surface area contributed by atoms with E-state index in [-0.39, 0.29) is 11.9 Å². The van der Waals surface area contributed by atoms with E-state index in [2.05, 4.69) is 12.2 Å². The van der Waals surface area contributed by atoms with Crippen molar-refractivity contribution in [3.63, 3.8) is 0 Å². The Kier molecular flexibility index (Phi) is 4.99. The van der Waals surface area contributed by atoms with Crippen molar-refractivity contribution in [2.75, 3.05) is 0 Å². The summed E-state index contributed by atoms with van der Waals surface area (Å²) in [4.78, 5) is 11.6. The number of nitrogens with one attached hydrogen (secondary N) is 1. The van der Waals surface area contributed by atoms with E-state index in [9.17, 15) is 4.79 Å². The summed E-state index contributed by atoms with van der Waals surface area (Å²) < 4.78 is 0. The van der Waals surface area contributed by atoms with Crippen LogP contribution in [0.25, 0.3) is 0 Å². The van der Waals surface area contributed by atoms with E-state index in [0.717, 1.165) is 18.4 Å². The van der Waals surface area contributed by atoms with Crippen LogP contribution < -0.4 is 11.1 Å². The minimum atomic E-state index is -0.455. The van der Waals surface area contributed by atoms with Gasteiger partial charge in [0.1, 0.15) is 0 Å². The Balaban J connectivity index is 2.72. The number of carbonyl (C=O) groups is 1. The topological polar surface area (TPSA) is 55.1 Å². The van der Waals surface area contributed by atoms with Gasteiger partial charge in [0.15, 0.2) is 0 Å². The quantitative estimate of drug-likeness (QED) is 0.797. The van der Waals surface area contributed by atoms with Crippen LogP contribution in [0, 0.1) is 0 Å². The number of amides is 1. The van der Waals surface area contributed by atoms with E-state index < -0.39 is 6.04 Å². The summed E-state index contributed by atoms with van der Waals surface area (Å²) in [6, 6.07) is 9.61. The first-order chi connectivity index (χ1) is 7.65. The lowest BCUT2D eigenvalue weighted by atomic mass is 10.0. The highest BCUT2D eigenvalue weighted by atomic mass is 16.2. The summed E-state index contributed by atoms with van der Waals surface area (Å²) >= 11 is 0. The van der Waals surface area contributed by atoms with Crippen LogP contribution >= 0.6 is 0 Å². The Labute approximate surface area is 97.0 Å². The van der Waals surface area contributed by atoms with Gasteiger partial charge in [0.25, 0.3) is 0 Å². The summed E-state index contributed by atoms with van der Waals surface area (Å²) in [5.74, 6) is -0.0951. The average Bonchev–Trinajstić information content (AvgIpc) is 2.29. The fraction of sp³-hybridized carbons (Fsp3) is 0.462. The van der Waals surface area contributed by atoms with E-state index in [1.807, 2.05) is 30.3 Å². The normalized spacial score (nSPS) is 14.2. The fourth-order valence-corrected chi connectivity index (χ4v) is 1.60. The SMILES string of the molecule is CCCC(NC(=O)C(C)N)c1ccccc1. The van der Waals surface area contributed by atoms with Crippen molar-refractivity contribution in [3.05, 3.63) is 35.9 Å². The molecule has 1 amide bonds. The molecule has 3 N–H and O–H groups in total. The number of benzene rings is 1. The van der Waals surface area contributed by atoms with Gasteiger partial charge in [-0.2, -0.15) is 0 Å². The lowest BCUT2D eigenvalue weighted by molar-refractivity contribution is -0.122. The highest BCUT2D eigenvalue weighted by molar-refractivity contribution is 5.81. The molecule has 1 rings (SSSR count). The van der Waals surface area contributed by atoms with Gasteiger partial charge in [-0.05, 0) is 18.9 Å². The van der Waals surface area contributed by atoms with Gasteiger partial charge < -0.3 is 11.1 Å². The maximum atomic E-state index is 11.6. The zero-order valence-corrected chi connectivity index (χ0v) is 9.94. The lowest BCUT2D eigenvalue weighted by Gasteiger charge is -2.19. The van der Waals surface area contributed by atoms with Crippen molar-refractivity contribution in [2.45, 2.75) is 38.8 Å². The lowest BCUT2D eigenvalue weighted by Crippen LogP contribution is -2.40. The van der Waals surface area contributed by atoms with Crippen LogP contribution in [-0.2, 0) is 4.79 Å². The first kappa shape index (κ1) is 12.7. The summed E-state index contributed by atoms with van der Waals surface area (Å²) in [5.41, 5.74) is 6.68. The second-order valence-electron chi connectivity index (χ2n) is 4.05. The minimum Gasteiger partial charge on any atom is -0.348 e. The molecule has 0 fully saturated rings. The maximum absolute atomic E-state index is 11.6. The molecule has 3 heteroatoms. The number of hydrogen-bond donors (Lipinski definition) is 2. The molecule has 0 radical (unpaired) electrons. The van der Waals surface area contributed by atoms with Crippen molar-refractivity contribution < 1.29 is 4.79 Å². The van der Waals surface area contributed by atoms with Gasteiger partial charge in [-0.1, -0.05) is 43.7 Å². The summed E-state index contributed by atoms with van der Waals surface area (Å²) in [6.07, 6.45) is 1.96. The van der Waals surface area contributed by atoms with Gasteiger partial charge in [0.2, 0.25) is 5.91 Å². The molecule has 0 heterocycles. The van der Waals surface area contributed by atoms with Gasteiger partial charge >= 0.3 is 0 Å². The largest absolute Gasteiger partial charge is 0.348 e. The Morgan fingerprint density at radius 1 is 1.38 bits per heavy atom. The fourth-order valence-electron chi connectivity index (χ4n) is 1.60. The molecule has 0 aliphatic carbocycles. The highest BCUT2D eigenvalue weighted by Crippen LogP contribution is 2.17. The molecule has 0 saturated carbocycles. The zero-order chi connectivity index (χ0) is 12.0. The second kappa shape index (κ2) is 6.28. The highest BCUT2D eigenvalue weighted by Gasteiger charge is 2.15. The molecule has 1 aromatic carbocycles. The monoisotopic (exact) mass is 220 g/mol. The Bertz CT molecular complexity index is 322. The average molecular weight is 220 g/mol. The molecule has 88 valence electrons. The smallest absolute Gasteiger partial charge is 0.237 e. The number of nitrogens with two attached hydrogens (primary N) is 1. The molecule has 2 atom stereocenters. The summed E-state index contributed by atoms with van der Waals surface area (Å²) in [6.45, 7) is 3.80. The Morgan fingerprint density at radius 3 is 2.50 bits per heavy atom. The zero-order valence-electron chi connectivity index (χ0n) is 9.94. The van der Waals surface area contributed by atoms with Crippen molar-refractivity contribution in [2.24, 2.45) is 5.73 Å². The van der Waals surface area contributed by atoms with Gasteiger partial charge in [-0.25, -0.2) is 0 Å². The summed E-state index contributed by atoms with van der Waals surface area (Å²) in [7, 11) is 0. The van der Waals surface area contributed by atoms with Gasteiger partial charge in [0, 0.05) is 0 Å². The second-order valence-corrected chi connectivity index (χ2v) is 4.05. The molecule has 0 saturated heterocycles. The molecule has 0 bridgehead atoms. The molecule has 16 heavy (non-hydrogen) atoms. The third kappa shape index (κ3) is 3.66. The van der Waals surface area contributed by atoms with Crippen molar-refractivity contribution in [1.29, 1.82) is 0 Å². The van der Waals surface area contributed by atoms with Crippen LogP contribution in [0.5, 0.6) is 0 Å². The first-order valence-corrected chi connectivity index (χ1v) is 5.76. The predicted molar refractivity (Wildman–Crippen MR) is 65.9 cm³/mol. The van der Waals surface area contributed by atoms with Crippen LogP contribution in [0.2, 0.25) is 0 Å². The van der Waals surface area contributed by atoms with E-state index in [1.165, 1.54) is 0 Å². The third-order valence-electron chi connectivity index (χ3n) is 2.51. The molecule has 1 aromatic rings. The molecule has 0 aliphatic rings. The van der Waals surface area contributed by atoms with E-state index in [1.54, 1.807) is 6.92 Å². The van der Waals surface area contributed by atoms with Crippen LogP contribution in [0.3, 0.4) is 0 Å². The standard InChI is InChI=1S/C13H20N2O/c1-3-7-12(15-13(16)10(2)14)11-8-5-4-6-9-11/h4-6,8-10,12H,3,7,14H2,1-2H3,(H,15,16). The number of hydrogen-bond acceptors (Lipinski definition) is 2. The van der Waals surface area contributed by atoms with Crippen LogP contribution in [0.4, 0.5) is 0 Å². The van der Waals surface area contributed by atoms with Crippen molar-refractivity contribution in [3.8, 4) is 0 Å². The van der Waals surface area contributed by atoms with Crippen molar-refractivity contribution in [1.82, 2.24) is 5.32 Å². The molecule has 0 aliphatic heterocycles. The molecule has 2 unspecified atom stereocenters. The Morgan fingerprint density at radius 2 is 2.00 bits per heavy atom. The van der Waals surface area contributed by atoms with Crippen LogP contribution in [0.1, 0.15) is 38.3 Å². The third-order valence-corrected chi connectivity index (χ3v) is 2.51. The molecular formula is C13H20N2O. The summed E-state index contributed by atoms with van der Waals surface area (Å²) in [5, 5.41) is 2.97.